The quantitative estimate of drug-likeness (QED) is 0.162. The van der Waals surface area contributed by atoms with Crippen LogP contribution in [0, 0.1) is 0 Å². The third-order valence-corrected chi connectivity index (χ3v) is 14.3. The minimum Gasteiger partial charge on any atom is -0.310 e. The van der Waals surface area contributed by atoms with Gasteiger partial charge in [0.15, 0.2) is 0 Å². The molecular formula is C62H47N. The van der Waals surface area contributed by atoms with Gasteiger partial charge in [0.25, 0.3) is 0 Å². The molecule has 0 fully saturated rings. The summed E-state index contributed by atoms with van der Waals surface area (Å²) in [5.41, 5.74) is 21.4. The molecule has 2 aliphatic carbocycles. The molecular weight excluding hydrogens is 759 g/mol. The molecule has 1 heteroatoms. The molecule has 0 N–H and O–H groups in total. The lowest BCUT2D eigenvalue weighted by Gasteiger charge is -2.29. The highest BCUT2D eigenvalue weighted by atomic mass is 15.1. The Balaban J connectivity index is 0.996. The normalized spacial score (nSPS) is 14.0. The fraction of sp³-hybridized carbons (Fsp3) is 0.0968. The van der Waals surface area contributed by atoms with Gasteiger partial charge < -0.3 is 4.90 Å². The van der Waals surface area contributed by atoms with E-state index in [-0.39, 0.29) is 10.8 Å². The largest absolute Gasteiger partial charge is 0.310 e. The van der Waals surface area contributed by atoms with Gasteiger partial charge in [-0.25, -0.2) is 0 Å². The van der Waals surface area contributed by atoms with Gasteiger partial charge >= 0.3 is 0 Å². The topological polar surface area (TPSA) is 3.24 Å². The molecule has 0 amide bonds. The Morgan fingerprint density at radius 3 is 1.54 bits per heavy atom. The molecule has 0 saturated heterocycles. The summed E-state index contributed by atoms with van der Waals surface area (Å²) >= 11 is 0. The third-order valence-electron chi connectivity index (χ3n) is 14.3. The van der Waals surface area contributed by atoms with Crippen molar-refractivity contribution in [1.82, 2.24) is 0 Å². The summed E-state index contributed by atoms with van der Waals surface area (Å²) in [5, 5.41) is 5.00. The van der Waals surface area contributed by atoms with Crippen LogP contribution in [0.1, 0.15) is 49.9 Å². The number of benzene rings is 10. The smallest absolute Gasteiger partial charge is 0.0467 e. The van der Waals surface area contributed by atoms with Crippen molar-refractivity contribution in [2.75, 3.05) is 4.90 Å². The van der Waals surface area contributed by atoms with Crippen LogP contribution in [0.15, 0.2) is 212 Å². The van der Waals surface area contributed by atoms with Crippen LogP contribution in [0.5, 0.6) is 0 Å². The molecule has 0 saturated carbocycles. The van der Waals surface area contributed by atoms with Gasteiger partial charge in [0.05, 0.1) is 0 Å². The van der Waals surface area contributed by atoms with E-state index in [0.717, 1.165) is 17.1 Å². The van der Waals surface area contributed by atoms with Gasteiger partial charge in [-0.1, -0.05) is 191 Å². The Labute approximate surface area is 370 Å². The summed E-state index contributed by atoms with van der Waals surface area (Å²) < 4.78 is 0. The fourth-order valence-electron chi connectivity index (χ4n) is 10.9. The number of anilines is 3. The standard InChI is InChI=1S/C62H47N/c1-61(2)56-22-11-9-20-52(56)54-34-29-45(38-58(54)61)44-17-13-18-48(37-44)63(49-32-35-55-53-21-10-12-23-57(53)62(3,4)59(55)39-49)47-30-26-42(27-31-47)51-33-28-41-15-7-8-19-50(41)60(51)46-25-24-40-14-5-6-16-43(40)36-46/h5-39H,1-4H3. The van der Waals surface area contributed by atoms with Crippen molar-refractivity contribution in [2.45, 2.75) is 38.5 Å². The molecule has 0 bridgehead atoms. The SMILES string of the molecule is CC1(C)c2ccccc2-c2ccc(-c3cccc(N(c4ccc(-c5ccc6ccccc6c5-c5ccc6ccccc6c5)cc4)c4ccc5c(c4)C(C)(C)c4ccccc4-5)c3)cc21. The van der Waals surface area contributed by atoms with Crippen molar-refractivity contribution in [3.05, 3.63) is 235 Å². The minimum atomic E-state index is -0.122. The van der Waals surface area contributed by atoms with Gasteiger partial charge in [0, 0.05) is 27.9 Å². The van der Waals surface area contributed by atoms with Crippen molar-refractivity contribution in [3.63, 3.8) is 0 Å². The van der Waals surface area contributed by atoms with Crippen LogP contribution in [-0.2, 0) is 10.8 Å². The van der Waals surface area contributed by atoms with Gasteiger partial charge in [-0.15, -0.1) is 0 Å². The second-order valence-corrected chi connectivity index (χ2v) is 18.5. The first-order valence-corrected chi connectivity index (χ1v) is 22.2. The predicted octanol–water partition coefficient (Wildman–Crippen LogP) is 17.1. The van der Waals surface area contributed by atoms with Gasteiger partial charge in [0.1, 0.15) is 0 Å². The first-order chi connectivity index (χ1) is 30.7. The molecule has 300 valence electrons. The maximum atomic E-state index is 2.45. The van der Waals surface area contributed by atoms with Crippen molar-refractivity contribution in [2.24, 2.45) is 0 Å². The molecule has 0 spiro atoms. The Hall–Kier alpha value is -7.48. The summed E-state index contributed by atoms with van der Waals surface area (Å²) in [5.74, 6) is 0. The molecule has 0 unspecified atom stereocenters. The van der Waals surface area contributed by atoms with Gasteiger partial charge in [0.2, 0.25) is 0 Å². The van der Waals surface area contributed by atoms with E-state index in [1.54, 1.807) is 0 Å². The first-order valence-electron chi connectivity index (χ1n) is 22.2. The second kappa shape index (κ2) is 14.0. The molecule has 1 nitrogen and oxygen atoms in total. The van der Waals surface area contributed by atoms with Gasteiger partial charge in [-0.3, -0.25) is 0 Å². The summed E-state index contributed by atoms with van der Waals surface area (Å²) in [6, 6.07) is 79.2. The molecule has 0 radical (unpaired) electrons. The van der Waals surface area contributed by atoms with Crippen LogP contribution in [-0.4, -0.2) is 0 Å². The first kappa shape index (κ1) is 37.3. The van der Waals surface area contributed by atoms with Crippen molar-refractivity contribution >= 4 is 38.6 Å². The Morgan fingerprint density at radius 1 is 0.286 bits per heavy atom. The van der Waals surface area contributed by atoms with E-state index in [1.807, 2.05) is 0 Å². The van der Waals surface area contributed by atoms with Crippen molar-refractivity contribution in [3.8, 4) is 55.6 Å². The molecule has 12 rings (SSSR count). The number of hydrogen-bond acceptors (Lipinski definition) is 1. The Bertz CT molecular complexity index is 3460. The highest BCUT2D eigenvalue weighted by molar-refractivity contribution is 6.06. The third kappa shape index (κ3) is 5.84. The molecule has 0 aliphatic heterocycles. The number of fused-ring (bicyclic) bond motifs is 8. The lowest BCUT2D eigenvalue weighted by atomic mass is 9.81. The zero-order valence-corrected chi connectivity index (χ0v) is 36.2. The number of hydrogen-bond donors (Lipinski definition) is 0. The number of rotatable bonds is 6. The minimum absolute atomic E-state index is 0.0681. The molecule has 0 atom stereocenters. The highest BCUT2D eigenvalue weighted by Crippen LogP contribution is 2.52. The van der Waals surface area contributed by atoms with Gasteiger partial charge in [-0.2, -0.15) is 0 Å². The van der Waals surface area contributed by atoms with E-state index >= 15 is 0 Å². The average Bonchev–Trinajstić information content (AvgIpc) is 3.70. The fourth-order valence-corrected chi connectivity index (χ4v) is 10.9. The summed E-state index contributed by atoms with van der Waals surface area (Å²) in [6.45, 7) is 9.45. The number of nitrogens with zero attached hydrogens (tertiary/aromatic N) is 1. The Morgan fingerprint density at radius 2 is 0.794 bits per heavy atom. The molecule has 63 heavy (non-hydrogen) atoms. The maximum Gasteiger partial charge on any atom is 0.0467 e. The van der Waals surface area contributed by atoms with E-state index in [2.05, 4.69) is 245 Å². The van der Waals surface area contributed by atoms with Crippen LogP contribution >= 0.6 is 0 Å². The maximum absolute atomic E-state index is 2.45. The van der Waals surface area contributed by atoms with Crippen LogP contribution in [0.25, 0.3) is 77.2 Å². The van der Waals surface area contributed by atoms with E-state index in [0.29, 0.717) is 0 Å². The predicted molar refractivity (Wildman–Crippen MR) is 268 cm³/mol. The Kier molecular flexibility index (Phi) is 8.30. The van der Waals surface area contributed by atoms with E-state index in [4.69, 9.17) is 0 Å². The lowest BCUT2D eigenvalue weighted by molar-refractivity contribution is 0.660. The highest BCUT2D eigenvalue weighted by Gasteiger charge is 2.37. The zero-order chi connectivity index (χ0) is 42.5. The monoisotopic (exact) mass is 805 g/mol. The molecule has 0 heterocycles. The lowest BCUT2D eigenvalue weighted by Crippen LogP contribution is -2.16. The van der Waals surface area contributed by atoms with E-state index < -0.39 is 0 Å². The van der Waals surface area contributed by atoms with Gasteiger partial charge in [-0.05, 0) is 148 Å². The van der Waals surface area contributed by atoms with Crippen LogP contribution in [0.3, 0.4) is 0 Å². The summed E-state index contributed by atoms with van der Waals surface area (Å²) in [6.07, 6.45) is 0. The van der Waals surface area contributed by atoms with Crippen molar-refractivity contribution in [1.29, 1.82) is 0 Å². The van der Waals surface area contributed by atoms with Crippen LogP contribution < -0.4 is 4.90 Å². The second-order valence-electron chi connectivity index (χ2n) is 18.5. The molecule has 2 aliphatic rings. The van der Waals surface area contributed by atoms with Crippen LogP contribution in [0.2, 0.25) is 0 Å². The van der Waals surface area contributed by atoms with Crippen LogP contribution in [0.4, 0.5) is 17.1 Å². The molecule has 10 aromatic rings. The molecule has 0 aromatic heterocycles. The molecule has 10 aromatic carbocycles. The van der Waals surface area contributed by atoms with E-state index in [9.17, 15) is 0 Å². The zero-order valence-electron chi connectivity index (χ0n) is 36.2. The summed E-state index contributed by atoms with van der Waals surface area (Å²) in [7, 11) is 0. The summed E-state index contributed by atoms with van der Waals surface area (Å²) in [4.78, 5) is 2.45. The van der Waals surface area contributed by atoms with Crippen molar-refractivity contribution < 1.29 is 0 Å². The van der Waals surface area contributed by atoms with E-state index in [1.165, 1.54) is 99.4 Å². The average molecular weight is 806 g/mol.